The molecule has 19 heavy (non-hydrogen) atoms. The number of fused-ring (bicyclic) bond motifs is 1. The molecule has 3 rings (SSSR count). The highest BCUT2D eigenvalue weighted by Gasteiger charge is 2.07. The van der Waals surface area contributed by atoms with E-state index in [1.807, 2.05) is 6.07 Å². The molecular weight excluding hydrogens is 269 g/mol. The first-order chi connectivity index (χ1) is 9.22. The summed E-state index contributed by atoms with van der Waals surface area (Å²) in [4.78, 5) is 14.6. The Morgan fingerprint density at radius 3 is 3.05 bits per heavy atom. The van der Waals surface area contributed by atoms with Crippen molar-refractivity contribution in [1.29, 1.82) is 0 Å². The van der Waals surface area contributed by atoms with E-state index in [4.69, 9.17) is 11.6 Å². The predicted octanol–water partition coefficient (Wildman–Crippen LogP) is 2.76. The Bertz CT molecular complexity index is 727. The van der Waals surface area contributed by atoms with E-state index in [0.717, 1.165) is 10.9 Å². The first-order valence-corrected chi connectivity index (χ1v) is 5.95. The Labute approximate surface area is 112 Å². The normalized spacial score (nSPS) is 10.8. The number of rotatable bonds is 3. The molecule has 0 fully saturated rings. The summed E-state index contributed by atoms with van der Waals surface area (Å²) in [5.74, 6) is 0.0975. The molecule has 96 valence electrons. The van der Waals surface area contributed by atoms with Crippen molar-refractivity contribution in [3.8, 4) is 0 Å². The van der Waals surface area contributed by atoms with E-state index < -0.39 is 5.95 Å². The quantitative estimate of drug-likeness (QED) is 0.571. The number of pyridine rings is 1. The molecule has 0 aromatic carbocycles. The van der Waals surface area contributed by atoms with Gasteiger partial charge in [0.1, 0.15) is 11.5 Å². The first kappa shape index (κ1) is 11.9. The fourth-order valence-corrected chi connectivity index (χ4v) is 1.96. The maximum absolute atomic E-state index is 13.0. The zero-order valence-corrected chi connectivity index (χ0v) is 10.4. The number of hydrogen-bond donors (Lipinski definition) is 2. The highest BCUT2D eigenvalue weighted by molar-refractivity contribution is 6.28. The van der Waals surface area contributed by atoms with Crippen molar-refractivity contribution in [2.75, 3.05) is 5.32 Å². The number of hydrogen-bond acceptors (Lipinski definition) is 4. The van der Waals surface area contributed by atoms with E-state index in [9.17, 15) is 4.39 Å². The number of anilines is 1. The Balaban J connectivity index is 1.87. The van der Waals surface area contributed by atoms with Gasteiger partial charge in [0.25, 0.3) is 0 Å². The van der Waals surface area contributed by atoms with Crippen LogP contribution in [0.5, 0.6) is 0 Å². The lowest BCUT2D eigenvalue weighted by molar-refractivity contribution is 0.581. The molecule has 0 saturated carbocycles. The molecule has 0 aliphatic heterocycles. The largest absolute Gasteiger partial charge is 0.365 e. The molecule has 7 heteroatoms. The van der Waals surface area contributed by atoms with Crippen LogP contribution in [0.25, 0.3) is 11.0 Å². The molecule has 0 amide bonds. The first-order valence-electron chi connectivity index (χ1n) is 5.57. The van der Waals surface area contributed by atoms with E-state index >= 15 is 0 Å². The number of halogens is 2. The van der Waals surface area contributed by atoms with Gasteiger partial charge in [-0.05, 0) is 35.4 Å². The fraction of sp³-hybridized carbons (Fsp3) is 0.0833. The van der Waals surface area contributed by atoms with Crippen LogP contribution >= 0.6 is 11.6 Å². The van der Waals surface area contributed by atoms with Gasteiger partial charge in [-0.2, -0.15) is 9.37 Å². The Kier molecular flexibility index (Phi) is 3.00. The number of aromatic nitrogens is 4. The van der Waals surface area contributed by atoms with Crippen LogP contribution in [0.4, 0.5) is 10.2 Å². The zero-order chi connectivity index (χ0) is 13.2. The smallest absolute Gasteiger partial charge is 0.226 e. The molecule has 0 saturated heterocycles. The summed E-state index contributed by atoms with van der Waals surface area (Å²) in [5.41, 5.74) is 1.43. The standard InChI is InChI=1S/C12H9ClFN5/c13-12-18-10-8(2-4-16-10)11(19-12)17-6-7-1-3-15-9(14)5-7/h1-5H,6H2,(H2,16,17,18,19). The Morgan fingerprint density at radius 2 is 2.21 bits per heavy atom. The summed E-state index contributed by atoms with van der Waals surface area (Å²) in [6, 6.07) is 4.94. The van der Waals surface area contributed by atoms with Crippen molar-refractivity contribution in [2.24, 2.45) is 0 Å². The van der Waals surface area contributed by atoms with Crippen molar-refractivity contribution < 1.29 is 4.39 Å². The van der Waals surface area contributed by atoms with Gasteiger partial charge >= 0.3 is 0 Å². The van der Waals surface area contributed by atoms with E-state index in [0.29, 0.717) is 18.0 Å². The molecule has 0 radical (unpaired) electrons. The average molecular weight is 278 g/mol. The number of nitrogens with one attached hydrogen (secondary N) is 2. The number of nitrogens with zero attached hydrogens (tertiary/aromatic N) is 3. The van der Waals surface area contributed by atoms with Crippen molar-refractivity contribution >= 4 is 28.5 Å². The van der Waals surface area contributed by atoms with Gasteiger partial charge in [-0.3, -0.25) is 0 Å². The molecule has 2 N–H and O–H groups in total. The summed E-state index contributed by atoms with van der Waals surface area (Å²) in [7, 11) is 0. The van der Waals surface area contributed by atoms with Crippen LogP contribution in [0.1, 0.15) is 5.56 Å². The van der Waals surface area contributed by atoms with Gasteiger partial charge in [-0.25, -0.2) is 9.97 Å². The highest BCUT2D eigenvalue weighted by atomic mass is 35.5. The number of H-pyrrole nitrogens is 1. The zero-order valence-electron chi connectivity index (χ0n) is 9.69. The van der Waals surface area contributed by atoms with Gasteiger partial charge in [-0.1, -0.05) is 0 Å². The third-order valence-corrected chi connectivity index (χ3v) is 2.81. The van der Waals surface area contributed by atoms with Crippen LogP contribution in [-0.2, 0) is 6.54 Å². The molecule has 5 nitrogen and oxygen atoms in total. The van der Waals surface area contributed by atoms with Crippen LogP contribution in [0, 0.1) is 5.95 Å². The van der Waals surface area contributed by atoms with Gasteiger partial charge in [0, 0.05) is 18.9 Å². The molecule has 3 heterocycles. The predicted molar refractivity (Wildman–Crippen MR) is 70.4 cm³/mol. The van der Waals surface area contributed by atoms with Crippen molar-refractivity contribution in [3.05, 3.63) is 47.4 Å². The molecule has 0 atom stereocenters. The van der Waals surface area contributed by atoms with E-state index in [1.165, 1.54) is 12.3 Å². The fourth-order valence-electron chi connectivity index (χ4n) is 1.79. The van der Waals surface area contributed by atoms with Crippen LogP contribution in [0.15, 0.2) is 30.6 Å². The lowest BCUT2D eigenvalue weighted by Gasteiger charge is -2.07. The van der Waals surface area contributed by atoms with E-state index in [-0.39, 0.29) is 5.28 Å². The molecule has 0 spiro atoms. The maximum Gasteiger partial charge on any atom is 0.226 e. The topological polar surface area (TPSA) is 66.5 Å². The van der Waals surface area contributed by atoms with Crippen molar-refractivity contribution in [2.45, 2.75) is 6.54 Å². The minimum Gasteiger partial charge on any atom is -0.365 e. The second-order valence-corrected chi connectivity index (χ2v) is 4.26. The molecule has 0 aliphatic carbocycles. The van der Waals surface area contributed by atoms with Crippen LogP contribution < -0.4 is 5.32 Å². The summed E-state index contributed by atoms with van der Waals surface area (Å²) < 4.78 is 13.0. The molecule has 3 aromatic rings. The highest BCUT2D eigenvalue weighted by Crippen LogP contribution is 2.21. The minimum atomic E-state index is -0.508. The summed E-state index contributed by atoms with van der Waals surface area (Å²) in [6.45, 7) is 0.424. The lowest BCUT2D eigenvalue weighted by atomic mass is 10.2. The molecule has 0 bridgehead atoms. The van der Waals surface area contributed by atoms with E-state index in [2.05, 4.69) is 25.3 Å². The third kappa shape index (κ3) is 2.48. The second kappa shape index (κ2) is 4.81. The van der Waals surface area contributed by atoms with Crippen LogP contribution in [0.3, 0.4) is 0 Å². The summed E-state index contributed by atoms with van der Waals surface area (Å²) in [5, 5.41) is 4.09. The summed E-state index contributed by atoms with van der Waals surface area (Å²) in [6.07, 6.45) is 3.18. The molecule has 0 unspecified atom stereocenters. The van der Waals surface area contributed by atoms with Gasteiger partial charge in [0.15, 0.2) is 0 Å². The minimum absolute atomic E-state index is 0.151. The number of aromatic amines is 1. The Morgan fingerprint density at radius 1 is 1.32 bits per heavy atom. The third-order valence-electron chi connectivity index (χ3n) is 2.64. The second-order valence-electron chi connectivity index (χ2n) is 3.92. The van der Waals surface area contributed by atoms with Gasteiger partial charge in [-0.15, -0.1) is 0 Å². The molecular formula is C12H9ClFN5. The molecule has 0 aliphatic rings. The Hall–Kier alpha value is -2.21. The van der Waals surface area contributed by atoms with E-state index in [1.54, 1.807) is 12.3 Å². The van der Waals surface area contributed by atoms with Crippen molar-refractivity contribution in [1.82, 2.24) is 19.9 Å². The monoisotopic (exact) mass is 277 g/mol. The lowest BCUT2D eigenvalue weighted by Crippen LogP contribution is -2.03. The van der Waals surface area contributed by atoms with Gasteiger partial charge < -0.3 is 10.3 Å². The van der Waals surface area contributed by atoms with Gasteiger partial charge in [0.2, 0.25) is 11.2 Å². The van der Waals surface area contributed by atoms with Gasteiger partial charge in [0.05, 0.1) is 5.39 Å². The summed E-state index contributed by atoms with van der Waals surface area (Å²) >= 11 is 5.84. The molecule has 3 aromatic heterocycles. The van der Waals surface area contributed by atoms with Crippen LogP contribution in [-0.4, -0.2) is 19.9 Å². The van der Waals surface area contributed by atoms with Crippen LogP contribution in [0.2, 0.25) is 5.28 Å². The van der Waals surface area contributed by atoms with Crippen molar-refractivity contribution in [3.63, 3.8) is 0 Å². The SMILES string of the molecule is Fc1cc(CNc2nc(Cl)nc3[nH]ccc23)ccn1. The average Bonchev–Trinajstić information content (AvgIpc) is 2.84. The maximum atomic E-state index is 13.0.